The summed E-state index contributed by atoms with van der Waals surface area (Å²) in [6.07, 6.45) is -4.40. The average molecular weight is 292 g/mol. The number of ether oxygens (including phenoxy) is 1. The van der Waals surface area contributed by atoms with Crippen molar-refractivity contribution in [1.29, 1.82) is 0 Å². The molecule has 0 unspecified atom stereocenters. The van der Waals surface area contributed by atoms with Gasteiger partial charge in [0.15, 0.2) is 0 Å². The summed E-state index contributed by atoms with van der Waals surface area (Å²) in [7, 11) is 0. The van der Waals surface area contributed by atoms with Gasteiger partial charge in [-0.05, 0) is 12.1 Å². The predicted molar refractivity (Wildman–Crippen MR) is 67.6 cm³/mol. The molecule has 0 atom stereocenters. The largest absolute Gasteiger partial charge is 0.480 e. The molecular weight excluding hydrogens is 277 g/mol. The van der Waals surface area contributed by atoms with E-state index in [2.05, 4.69) is 4.74 Å². The van der Waals surface area contributed by atoms with Crippen LogP contribution in [-0.2, 0) is 9.53 Å². The molecule has 0 heterocycles. The zero-order valence-electron chi connectivity index (χ0n) is 10.6. The fraction of sp³-hybridized carbons (Fsp3) is 0.417. The lowest BCUT2D eigenvalue weighted by atomic mass is 10.2. The molecule has 1 aromatic rings. The fourth-order valence-electron chi connectivity index (χ4n) is 1.59. The summed E-state index contributed by atoms with van der Waals surface area (Å²) in [4.78, 5) is 12.1. The standard InChI is InChI=1S/C12H15F3N2O3/c13-12(14,15)8-20-6-5-17(7-11(18)19)10-4-2-1-3-9(10)16/h1-4H,5-8,16H2,(H,18,19). The van der Waals surface area contributed by atoms with Crippen LogP contribution in [0.5, 0.6) is 0 Å². The Morgan fingerprint density at radius 1 is 1.35 bits per heavy atom. The number of para-hydroxylation sites is 2. The van der Waals surface area contributed by atoms with Crippen molar-refractivity contribution in [2.45, 2.75) is 6.18 Å². The van der Waals surface area contributed by atoms with E-state index in [-0.39, 0.29) is 19.7 Å². The van der Waals surface area contributed by atoms with E-state index in [0.29, 0.717) is 11.4 Å². The van der Waals surface area contributed by atoms with Crippen LogP contribution < -0.4 is 10.6 Å². The molecule has 112 valence electrons. The van der Waals surface area contributed by atoms with Gasteiger partial charge in [0.2, 0.25) is 0 Å². The molecular formula is C12H15F3N2O3. The number of anilines is 2. The third-order valence-electron chi connectivity index (χ3n) is 2.37. The molecule has 0 saturated heterocycles. The Hall–Kier alpha value is -1.96. The topological polar surface area (TPSA) is 75.8 Å². The molecule has 0 radical (unpaired) electrons. The Bertz CT molecular complexity index is 452. The highest BCUT2D eigenvalue weighted by molar-refractivity contribution is 5.77. The molecule has 1 aromatic carbocycles. The molecule has 0 spiro atoms. The zero-order chi connectivity index (χ0) is 15.2. The van der Waals surface area contributed by atoms with Crippen LogP contribution in [0.2, 0.25) is 0 Å². The van der Waals surface area contributed by atoms with E-state index in [9.17, 15) is 18.0 Å². The second kappa shape index (κ2) is 6.99. The summed E-state index contributed by atoms with van der Waals surface area (Å²) >= 11 is 0. The normalized spacial score (nSPS) is 11.3. The molecule has 0 fully saturated rings. The lowest BCUT2D eigenvalue weighted by molar-refractivity contribution is -0.173. The van der Waals surface area contributed by atoms with E-state index in [1.54, 1.807) is 24.3 Å². The van der Waals surface area contributed by atoms with Crippen LogP contribution >= 0.6 is 0 Å². The van der Waals surface area contributed by atoms with Crippen LogP contribution in [0.3, 0.4) is 0 Å². The third-order valence-corrected chi connectivity index (χ3v) is 2.37. The van der Waals surface area contributed by atoms with Gasteiger partial charge in [-0.1, -0.05) is 12.1 Å². The molecule has 1 rings (SSSR count). The fourth-order valence-corrected chi connectivity index (χ4v) is 1.59. The predicted octanol–water partition coefficient (Wildman–Crippen LogP) is 1.74. The Labute approximate surface area is 113 Å². The van der Waals surface area contributed by atoms with Gasteiger partial charge in [-0.25, -0.2) is 0 Å². The maximum Gasteiger partial charge on any atom is 0.411 e. The maximum absolute atomic E-state index is 11.9. The SMILES string of the molecule is Nc1ccccc1N(CCOCC(F)(F)F)CC(=O)O. The van der Waals surface area contributed by atoms with Crippen molar-refractivity contribution in [3.8, 4) is 0 Å². The minimum absolute atomic E-state index is 0.00338. The number of carbonyl (C=O) groups is 1. The Morgan fingerprint density at radius 2 is 2.00 bits per heavy atom. The molecule has 0 aliphatic heterocycles. The van der Waals surface area contributed by atoms with E-state index >= 15 is 0 Å². The van der Waals surface area contributed by atoms with Gasteiger partial charge < -0.3 is 20.5 Å². The van der Waals surface area contributed by atoms with E-state index in [1.807, 2.05) is 0 Å². The van der Waals surface area contributed by atoms with Crippen molar-refractivity contribution in [3.63, 3.8) is 0 Å². The molecule has 20 heavy (non-hydrogen) atoms. The van der Waals surface area contributed by atoms with Crippen LogP contribution in [-0.4, -0.2) is 43.6 Å². The number of hydrogen-bond donors (Lipinski definition) is 2. The van der Waals surface area contributed by atoms with Crippen molar-refractivity contribution < 1.29 is 27.8 Å². The van der Waals surface area contributed by atoms with Crippen LogP contribution in [0.1, 0.15) is 0 Å². The second-order valence-corrected chi connectivity index (χ2v) is 4.04. The third kappa shape index (κ3) is 5.79. The molecule has 0 amide bonds. The van der Waals surface area contributed by atoms with Crippen LogP contribution in [0, 0.1) is 0 Å². The van der Waals surface area contributed by atoms with E-state index in [1.165, 1.54) is 4.90 Å². The molecule has 0 aliphatic rings. The quantitative estimate of drug-likeness (QED) is 0.591. The summed E-state index contributed by atoms with van der Waals surface area (Å²) in [6, 6.07) is 6.53. The van der Waals surface area contributed by atoms with Gasteiger partial charge in [0.05, 0.1) is 18.0 Å². The monoisotopic (exact) mass is 292 g/mol. The highest BCUT2D eigenvalue weighted by Gasteiger charge is 2.27. The number of aliphatic carboxylic acids is 1. The van der Waals surface area contributed by atoms with Gasteiger partial charge in [-0.15, -0.1) is 0 Å². The van der Waals surface area contributed by atoms with Gasteiger partial charge in [0.1, 0.15) is 13.2 Å². The number of carboxylic acid groups (broad SMARTS) is 1. The first kappa shape index (κ1) is 16.1. The summed E-state index contributed by atoms with van der Waals surface area (Å²) in [5.74, 6) is -1.11. The minimum atomic E-state index is -4.40. The number of rotatable bonds is 7. The maximum atomic E-state index is 11.9. The van der Waals surface area contributed by atoms with E-state index in [0.717, 1.165) is 0 Å². The van der Waals surface area contributed by atoms with Crippen molar-refractivity contribution in [2.75, 3.05) is 36.9 Å². The number of nitrogen functional groups attached to an aromatic ring is 1. The summed E-state index contributed by atoms with van der Waals surface area (Å²) in [5.41, 5.74) is 6.52. The molecule has 3 N–H and O–H groups in total. The second-order valence-electron chi connectivity index (χ2n) is 4.04. The number of benzene rings is 1. The summed E-state index contributed by atoms with van der Waals surface area (Å²) in [5, 5.41) is 8.82. The van der Waals surface area contributed by atoms with Crippen LogP contribution in [0.4, 0.5) is 24.5 Å². The van der Waals surface area contributed by atoms with Gasteiger partial charge in [-0.2, -0.15) is 13.2 Å². The van der Waals surface area contributed by atoms with Crippen molar-refractivity contribution in [2.24, 2.45) is 0 Å². The first-order chi connectivity index (χ1) is 9.29. The highest BCUT2D eigenvalue weighted by atomic mass is 19.4. The van der Waals surface area contributed by atoms with Crippen molar-refractivity contribution in [1.82, 2.24) is 0 Å². The smallest absolute Gasteiger partial charge is 0.411 e. The van der Waals surface area contributed by atoms with Crippen LogP contribution in [0.15, 0.2) is 24.3 Å². The number of halogens is 3. The molecule has 0 aliphatic carbocycles. The lowest BCUT2D eigenvalue weighted by Gasteiger charge is -2.24. The Morgan fingerprint density at radius 3 is 2.55 bits per heavy atom. The average Bonchev–Trinajstić information content (AvgIpc) is 2.32. The van der Waals surface area contributed by atoms with Crippen molar-refractivity contribution in [3.05, 3.63) is 24.3 Å². The molecule has 0 bridgehead atoms. The van der Waals surface area contributed by atoms with Gasteiger partial charge in [0, 0.05) is 6.54 Å². The minimum Gasteiger partial charge on any atom is -0.480 e. The van der Waals surface area contributed by atoms with Gasteiger partial charge in [-0.3, -0.25) is 4.79 Å². The molecule has 8 heteroatoms. The van der Waals surface area contributed by atoms with Gasteiger partial charge >= 0.3 is 12.1 Å². The summed E-state index contributed by atoms with van der Waals surface area (Å²) < 4.78 is 40.2. The van der Waals surface area contributed by atoms with Gasteiger partial charge in [0.25, 0.3) is 0 Å². The number of carboxylic acids is 1. The first-order valence-electron chi connectivity index (χ1n) is 5.75. The Kier molecular flexibility index (Phi) is 5.63. The lowest BCUT2D eigenvalue weighted by Crippen LogP contribution is -2.34. The Balaban J connectivity index is 2.62. The summed E-state index contributed by atoms with van der Waals surface area (Å²) in [6.45, 7) is -1.99. The molecule has 0 aromatic heterocycles. The number of nitrogens with zero attached hydrogens (tertiary/aromatic N) is 1. The van der Waals surface area contributed by atoms with E-state index < -0.39 is 18.8 Å². The van der Waals surface area contributed by atoms with Crippen molar-refractivity contribution >= 4 is 17.3 Å². The van der Waals surface area contributed by atoms with E-state index in [4.69, 9.17) is 10.8 Å². The molecule has 0 saturated carbocycles. The number of alkyl halides is 3. The number of hydrogen-bond acceptors (Lipinski definition) is 4. The highest BCUT2D eigenvalue weighted by Crippen LogP contribution is 2.22. The number of nitrogens with two attached hydrogens (primary N) is 1. The molecule has 5 nitrogen and oxygen atoms in total. The first-order valence-corrected chi connectivity index (χ1v) is 5.75. The van der Waals surface area contributed by atoms with Crippen LogP contribution in [0.25, 0.3) is 0 Å². The zero-order valence-corrected chi connectivity index (χ0v) is 10.6.